The van der Waals surface area contributed by atoms with Gasteiger partial charge < -0.3 is 9.73 Å². The van der Waals surface area contributed by atoms with Crippen molar-refractivity contribution in [2.24, 2.45) is 0 Å². The van der Waals surface area contributed by atoms with E-state index in [1.54, 1.807) is 19.3 Å². The van der Waals surface area contributed by atoms with Gasteiger partial charge in [-0.25, -0.2) is 8.42 Å². The first-order chi connectivity index (χ1) is 11.9. The first-order valence-electron chi connectivity index (χ1n) is 8.20. The molecule has 1 aromatic carbocycles. The quantitative estimate of drug-likeness (QED) is 0.816. The van der Waals surface area contributed by atoms with E-state index >= 15 is 0 Å². The molecule has 0 radical (unpaired) electrons. The van der Waals surface area contributed by atoms with E-state index in [1.165, 1.54) is 0 Å². The lowest BCUT2D eigenvalue weighted by Gasteiger charge is -2.25. The van der Waals surface area contributed by atoms with E-state index in [0.717, 1.165) is 5.56 Å². The van der Waals surface area contributed by atoms with Crippen molar-refractivity contribution in [1.82, 2.24) is 10.6 Å². The molecule has 1 aliphatic heterocycles. The molecule has 1 saturated heterocycles. The van der Waals surface area contributed by atoms with Crippen molar-refractivity contribution in [2.45, 2.75) is 24.9 Å². The number of hydrogen-bond donors (Lipinski definition) is 2. The largest absolute Gasteiger partial charge is 0.467 e. The molecule has 0 unspecified atom stereocenters. The predicted octanol–water partition coefficient (Wildman–Crippen LogP) is 1.65. The maximum Gasteiger partial charge on any atom is 0.234 e. The average Bonchev–Trinajstić information content (AvgIpc) is 3.17. The van der Waals surface area contributed by atoms with E-state index < -0.39 is 15.4 Å². The van der Waals surface area contributed by atoms with Gasteiger partial charge in [0.1, 0.15) is 5.76 Å². The van der Waals surface area contributed by atoms with Gasteiger partial charge in [0.25, 0.3) is 0 Å². The minimum absolute atomic E-state index is 0.00790. The van der Waals surface area contributed by atoms with Crippen molar-refractivity contribution in [3.63, 3.8) is 0 Å². The smallest absolute Gasteiger partial charge is 0.234 e. The third kappa shape index (κ3) is 4.49. The van der Waals surface area contributed by atoms with Gasteiger partial charge in [0.2, 0.25) is 5.91 Å². The highest BCUT2D eigenvalue weighted by atomic mass is 32.2. The minimum atomic E-state index is -3.06. The molecule has 1 aliphatic rings. The molecular weight excluding hydrogens is 340 g/mol. The van der Waals surface area contributed by atoms with E-state index in [2.05, 4.69) is 10.6 Å². The van der Waals surface area contributed by atoms with Gasteiger partial charge in [0.05, 0.1) is 35.9 Å². The first-order valence-corrected chi connectivity index (χ1v) is 10.0. The van der Waals surface area contributed by atoms with Crippen molar-refractivity contribution < 1.29 is 17.6 Å². The van der Waals surface area contributed by atoms with Crippen LogP contribution in [0.15, 0.2) is 53.1 Å². The molecular formula is C18H22N2O4S. The summed E-state index contributed by atoms with van der Waals surface area (Å²) in [5, 5.41) is 6.05. The summed E-state index contributed by atoms with van der Waals surface area (Å²) in [5.74, 6) is 0.600. The zero-order chi connectivity index (χ0) is 17.9. The molecule has 25 heavy (non-hydrogen) atoms. The molecule has 2 aromatic rings. The summed E-state index contributed by atoms with van der Waals surface area (Å²) in [6.07, 6.45) is 2.04. The van der Waals surface area contributed by atoms with Crippen LogP contribution in [0, 0.1) is 0 Å². The molecule has 0 saturated carbocycles. The molecule has 6 nitrogen and oxygen atoms in total. The van der Waals surface area contributed by atoms with Crippen LogP contribution in [0.2, 0.25) is 0 Å². The van der Waals surface area contributed by atoms with E-state index in [0.29, 0.717) is 12.2 Å². The highest BCUT2D eigenvalue weighted by Gasteiger charge is 2.39. The average molecular weight is 362 g/mol. The Morgan fingerprint density at radius 1 is 1.24 bits per heavy atom. The maximum atomic E-state index is 12.3. The second-order valence-electron chi connectivity index (χ2n) is 6.69. The fourth-order valence-corrected chi connectivity index (χ4v) is 5.26. The van der Waals surface area contributed by atoms with Crippen molar-refractivity contribution in [3.8, 4) is 0 Å². The number of sulfone groups is 1. The topological polar surface area (TPSA) is 88.4 Å². The van der Waals surface area contributed by atoms with Crippen LogP contribution < -0.4 is 10.6 Å². The standard InChI is InChI=1S/C18H22N2O4S/c1-18(9-11-25(22,23)13-18)20-16(21)12-19-17(15-8-5-10-24-15)14-6-3-2-4-7-14/h2-8,10,17,19H,9,11-13H2,1H3,(H,20,21)/t17-,18-/m0/s1. The highest BCUT2D eigenvalue weighted by molar-refractivity contribution is 7.91. The fraction of sp³-hybridized carbons (Fsp3) is 0.389. The van der Waals surface area contributed by atoms with Gasteiger partial charge in [0, 0.05) is 0 Å². The van der Waals surface area contributed by atoms with Gasteiger partial charge >= 0.3 is 0 Å². The molecule has 1 aromatic heterocycles. The Bertz CT molecular complexity index is 818. The Balaban J connectivity index is 1.65. The van der Waals surface area contributed by atoms with E-state index in [-0.39, 0.29) is 30.0 Å². The van der Waals surface area contributed by atoms with Crippen LogP contribution >= 0.6 is 0 Å². The Hall–Kier alpha value is -2.12. The zero-order valence-corrected chi connectivity index (χ0v) is 14.9. The van der Waals surface area contributed by atoms with Crippen LogP contribution in [0.1, 0.15) is 30.7 Å². The number of nitrogens with one attached hydrogen (secondary N) is 2. The second-order valence-corrected chi connectivity index (χ2v) is 8.87. The summed E-state index contributed by atoms with van der Waals surface area (Å²) >= 11 is 0. The van der Waals surface area contributed by atoms with Crippen LogP contribution in [-0.2, 0) is 14.6 Å². The lowest BCUT2D eigenvalue weighted by atomic mass is 10.0. The van der Waals surface area contributed by atoms with Gasteiger partial charge in [-0.3, -0.25) is 10.1 Å². The summed E-state index contributed by atoms with van der Waals surface area (Å²) < 4.78 is 28.8. The van der Waals surface area contributed by atoms with Crippen LogP contribution in [0.4, 0.5) is 0 Å². The molecule has 1 amide bonds. The molecule has 2 atom stereocenters. The summed E-state index contributed by atoms with van der Waals surface area (Å²) in [6.45, 7) is 1.84. The molecule has 2 heterocycles. The van der Waals surface area contributed by atoms with E-state index in [4.69, 9.17) is 4.42 Å². The molecule has 0 spiro atoms. The molecule has 1 fully saturated rings. The molecule has 134 valence electrons. The van der Waals surface area contributed by atoms with Gasteiger partial charge in [0.15, 0.2) is 9.84 Å². The summed E-state index contributed by atoms with van der Waals surface area (Å²) in [7, 11) is -3.06. The van der Waals surface area contributed by atoms with Gasteiger partial charge in [-0.05, 0) is 31.0 Å². The van der Waals surface area contributed by atoms with Crippen molar-refractivity contribution >= 4 is 15.7 Å². The van der Waals surface area contributed by atoms with Crippen LogP contribution in [0.3, 0.4) is 0 Å². The predicted molar refractivity (Wildman–Crippen MR) is 94.8 cm³/mol. The molecule has 0 aliphatic carbocycles. The number of hydrogen-bond acceptors (Lipinski definition) is 5. The van der Waals surface area contributed by atoms with Gasteiger partial charge in [-0.15, -0.1) is 0 Å². The highest BCUT2D eigenvalue weighted by Crippen LogP contribution is 2.24. The normalized spacial score (nSPS) is 23.2. The number of carbonyl (C=O) groups is 1. The minimum Gasteiger partial charge on any atom is -0.467 e. The van der Waals surface area contributed by atoms with Crippen molar-refractivity contribution in [1.29, 1.82) is 0 Å². The monoisotopic (exact) mass is 362 g/mol. The van der Waals surface area contributed by atoms with Gasteiger partial charge in [-0.1, -0.05) is 30.3 Å². The number of rotatable bonds is 6. The third-order valence-corrected chi connectivity index (χ3v) is 6.27. The number of carbonyl (C=O) groups excluding carboxylic acids is 1. The summed E-state index contributed by atoms with van der Waals surface area (Å²) in [4.78, 5) is 12.3. The maximum absolute atomic E-state index is 12.3. The zero-order valence-electron chi connectivity index (χ0n) is 14.1. The lowest BCUT2D eigenvalue weighted by molar-refractivity contribution is -0.121. The molecule has 3 rings (SSSR count). The van der Waals surface area contributed by atoms with Crippen molar-refractivity contribution in [2.75, 3.05) is 18.1 Å². The third-order valence-electron chi connectivity index (χ3n) is 4.37. The van der Waals surface area contributed by atoms with E-state index in [9.17, 15) is 13.2 Å². The Labute approximate surface area is 147 Å². The SMILES string of the molecule is C[C@]1(NC(=O)CN[C@@H](c2ccccc2)c2ccco2)CCS(=O)(=O)C1. The Kier molecular flexibility index (Phi) is 4.96. The Morgan fingerprint density at radius 2 is 2.00 bits per heavy atom. The number of amides is 1. The van der Waals surface area contributed by atoms with Crippen LogP contribution in [0.5, 0.6) is 0 Å². The summed E-state index contributed by atoms with van der Waals surface area (Å²) in [6, 6.07) is 13.1. The molecule has 0 bridgehead atoms. The summed E-state index contributed by atoms with van der Waals surface area (Å²) in [5.41, 5.74) is 0.296. The first kappa shape index (κ1) is 17.7. The number of furan rings is 1. The second kappa shape index (κ2) is 7.01. The van der Waals surface area contributed by atoms with Crippen LogP contribution in [0.25, 0.3) is 0 Å². The van der Waals surface area contributed by atoms with Crippen molar-refractivity contribution in [3.05, 3.63) is 60.1 Å². The number of benzene rings is 1. The Morgan fingerprint density at radius 3 is 2.60 bits per heavy atom. The molecule has 7 heteroatoms. The molecule has 2 N–H and O–H groups in total. The lowest BCUT2D eigenvalue weighted by Crippen LogP contribution is -2.50. The van der Waals surface area contributed by atoms with E-state index in [1.807, 2.05) is 36.4 Å². The van der Waals surface area contributed by atoms with Crippen LogP contribution in [-0.4, -0.2) is 37.9 Å². The van der Waals surface area contributed by atoms with Gasteiger partial charge in [-0.2, -0.15) is 0 Å². The fourth-order valence-electron chi connectivity index (χ4n) is 3.17.